The topological polar surface area (TPSA) is 81.6 Å². The Balaban J connectivity index is 4.49. The highest BCUT2D eigenvalue weighted by Gasteiger charge is 2.17. The van der Waals surface area contributed by atoms with Gasteiger partial charge in [-0.2, -0.15) is 11.8 Å². The van der Waals surface area contributed by atoms with Gasteiger partial charge < -0.3 is 20.8 Å². The van der Waals surface area contributed by atoms with Crippen molar-refractivity contribution in [2.45, 2.75) is 92.5 Å². The quantitative estimate of drug-likeness (QED) is 0.0862. The van der Waals surface area contributed by atoms with Crippen LogP contribution in [-0.2, 0) is 4.79 Å². The molecule has 0 fully saturated rings. The van der Waals surface area contributed by atoms with Gasteiger partial charge >= 0.3 is 5.97 Å². The summed E-state index contributed by atoms with van der Waals surface area (Å²) >= 11 is 1.62. The molecular weight excluding hydrogens is 444 g/mol. The zero-order valence-electron chi connectivity index (χ0n) is 22.2. The number of aliphatic hydroxyl groups excluding tert-OH is 1. The third-order valence-electron chi connectivity index (χ3n) is 5.13. The molecule has 4 N–H and O–H groups in total. The van der Waals surface area contributed by atoms with E-state index in [1.807, 2.05) is 19.9 Å². The lowest BCUT2D eigenvalue weighted by Gasteiger charge is -2.19. The minimum atomic E-state index is -0.862. The lowest BCUT2D eigenvalue weighted by atomic mass is 10.1. The predicted octanol–water partition coefficient (Wildman–Crippen LogP) is 7.26. The zero-order chi connectivity index (χ0) is 25.8. The standard InChI is InChI=1S/C28H48N2O3S/c1-7-11-25(31)17-19-29-27(12-8-2)30-26(28(32)33)21-34-20-18-24(6)16-10-15-23(5)14-9-13-22(3)4/h11-13,15,18,26,29-31H,7-10,14,16-17,19-21H2,1-6H3,(H,32,33)/b23-15+,24-18+,25-11-,27-12+. The Morgan fingerprint density at radius 2 is 1.47 bits per heavy atom. The number of carboxylic acids is 1. The van der Waals surface area contributed by atoms with E-state index in [4.69, 9.17) is 0 Å². The molecule has 6 heteroatoms. The molecule has 0 rings (SSSR count). The normalized spacial score (nSPS) is 14.1. The van der Waals surface area contributed by atoms with Crippen molar-refractivity contribution in [1.29, 1.82) is 0 Å². The summed E-state index contributed by atoms with van der Waals surface area (Å²) in [6, 6.07) is -0.671. The third kappa shape index (κ3) is 18.4. The molecule has 0 saturated carbocycles. The molecule has 5 nitrogen and oxygen atoms in total. The average molecular weight is 493 g/mol. The minimum Gasteiger partial charge on any atom is -0.513 e. The fourth-order valence-corrected chi connectivity index (χ4v) is 4.14. The van der Waals surface area contributed by atoms with Crippen LogP contribution in [-0.4, -0.2) is 40.3 Å². The average Bonchev–Trinajstić information content (AvgIpc) is 2.75. The number of aliphatic carboxylic acids is 1. The van der Waals surface area contributed by atoms with Crippen LogP contribution >= 0.6 is 11.8 Å². The van der Waals surface area contributed by atoms with Crippen molar-refractivity contribution >= 4 is 17.7 Å². The molecule has 0 amide bonds. The van der Waals surface area contributed by atoms with Crippen LogP contribution in [0.2, 0.25) is 0 Å². The SMILES string of the molecule is CC/C=C(\O)CCN/C(=C\CC)NC(CSC/C=C(\C)CC/C=C(\C)CCC=C(C)C)C(=O)O. The molecule has 1 unspecified atom stereocenters. The van der Waals surface area contributed by atoms with Crippen molar-refractivity contribution in [2.75, 3.05) is 18.1 Å². The number of rotatable bonds is 19. The van der Waals surface area contributed by atoms with Gasteiger partial charge in [-0.25, -0.2) is 4.79 Å². The summed E-state index contributed by atoms with van der Waals surface area (Å²) in [5.74, 6) is 1.48. The molecule has 0 aliphatic carbocycles. The molecule has 0 spiro atoms. The van der Waals surface area contributed by atoms with Gasteiger partial charge in [0.2, 0.25) is 0 Å². The minimum absolute atomic E-state index is 0.354. The molecule has 0 aromatic rings. The Labute approximate surface area is 212 Å². The number of aliphatic hydroxyl groups is 1. The van der Waals surface area contributed by atoms with E-state index in [1.54, 1.807) is 17.8 Å². The first kappa shape index (κ1) is 31.9. The second-order valence-corrected chi connectivity index (χ2v) is 9.91. The lowest BCUT2D eigenvalue weighted by molar-refractivity contribution is -0.138. The molecule has 1 atom stereocenters. The van der Waals surface area contributed by atoms with Crippen molar-refractivity contribution in [3.8, 4) is 0 Å². The number of hydrogen-bond donors (Lipinski definition) is 4. The first-order chi connectivity index (χ1) is 16.2. The van der Waals surface area contributed by atoms with E-state index in [0.717, 1.165) is 44.3 Å². The van der Waals surface area contributed by atoms with E-state index in [2.05, 4.69) is 56.6 Å². The summed E-state index contributed by atoms with van der Waals surface area (Å²) in [5, 5.41) is 25.7. The Hall–Kier alpha value is -2.08. The molecule has 194 valence electrons. The number of nitrogens with one attached hydrogen (secondary N) is 2. The van der Waals surface area contributed by atoms with Crippen molar-refractivity contribution in [1.82, 2.24) is 10.6 Å². The van der Waals surface area contributed by atoms with Crippen molar-refractivity contribution in [2.24, 2.45) is 0 Å². The number of carboxylic acid groups (broad SMARTS) is 1. The number of thioether (sulfide) groups is 1. The highest BCUT2D eigenvalue weighted by atomic mass is 32.2. The Morgan fingerprint density at radius 1 is 0.853 bits per heavy atom. The van der Waals surface area contributed by atoms with Gasteiger partial charge in [0.1, 0.15) is 6.04 Å². The summed E-state index contributed by atoms with van der Waals surface area (Å²) in [6.07, 6.45) is 17.0. The summed E-state index contributed by atoms with van der Waals surface area (Å²) in [7, 11) is 0. The van der Waals surface area contributed by atoms with E-state index in [1.165, 1.54) is 16.7 Å². The maximum Gasteiger partial charge on any atom is 0.327 e. The molecule has 0 aromatic carbocycles. The molecule has 0 radical (unpaired) electrons. The summed E-state index contributed by atoms with van der Waals surface area (Å²) < 4.78 is 0. The molecule has 0 aromatic heterocycles. The monoisotopic (exact) mass is 492 g/mol. The van der Waals surface area contributed by atoms with Gasteiger partial charge in [-0.1, -0.05) is 48.8 Å². The van der Waals surface area contributed by atoms with Gasteiger partial charge in [0, 0.05) is 24.5 Å². The van der Waals surface area contributed by atoms with E-state index >= 15 is 0 Å². The molecule has 34 heavy (non-hydrogen) atoms. The highest BCUT2D eigenvalue weighted by Crippen LogP contribution is 2.13. The second-order valence-electron chi connectivity index (χ2n) is 8.84. The van der Waals surface area contributed by atoms with Crippen LogP contribution in [0.25, 0.3) is 0 Å². The zero-order valence-corrected chi connectivity index (χ0v) is 23.1. The van der Waals surface area contributed by atoms with Crippen LogP contribution in [0, 0.1) is 0 Å². The Kier molecular flexibility index (Phi) is 19.1. The van der Waals surface area contributed by atoms with E-state index in [-0.39, 0.29) is 0 Å². The first-order valence-corrected chi connectivity index (χ1v) is 13.7. The molecular formula is C28H48N2O3S. The second kappa shape index (κ2) is 20.3. The van der Waals surface area contributed by atoms with Gasteiger partial charge in [-0.05, 0) is 78.4 Å². The largest absolute Gasteiger partial charge is 0.513 e. The lowest BCUT2D eigenvalue weighted by Crippen LogP contribution is -2.42. The highest BCUT2D eigenvalue weighted by molar-refractivity contribution is 7.99. The fourth-order valence-electron chi connectivity index (χ4n) is 3.14. The maximum atomic E-state index is 11.7. The molecule has 0 bridgehead atoms. The number of allylic oxidation sites excluding steroid dienone is 7. The van der Waals surface area contributed by atoms with Crippen LogP contribution in [0.4, 0.5) is 0 Å². The van der Waals surface area contributed by atoms with E-state index < -0.39 is 12.0 Å². The Bertz CT molecular complexity index is 732. The van der Waals surface area contributed by atoms with Crippen molar-refractivity contribution < 1.29 is 15.0 Å². The number of carbonyl (C=O) groups is 1. The summed E-state index contributed by atoms with van der Waals surface area (Å²) in [5.41, 5.74) is 4.16. The van der Waals surface area contributed by atoms with Crippen LogP contribution in [0.3, 0.4) is 0 Å². The van der Waals surface area contributed by atoms with Crippen LogP contribution in [0.5, 0.6) is 0 Å². The molecule has 0 aliphatic heterocycles. The van der Waals surface area contributed by atoms with Gasteiger partial charge in [-0.3, -0.25) is 0 Å². The third-order valence-corrected chi connectivity index (χ3v) is 6.10. The summed E-state index contributed by atoms with van der Waals surface area (Å²) in [6.45, 7) is 13.2. The van der Waals surface area contributed by atoms with E-state index in [0.29, 0.717) is 30.3 Å². The van der Waals surface area contributed by atoms with Crippen LogP contribution in [0.1, 0.15) is 86.5 Å². The smallest absolute Gasteiger partial charge is 0.327 e. The molecule has 0 heterocycles. The molecule has 0 aliphatic rings. The molecule has 0 saturated heterocycles. The van der Waals surface area contributed by atoms with E-state index in [9.17, 15) is 15.0 Å². The first-order valence-electron chi connectivity index (χ1n) is 12.5. The predicted molar refractivity (Wildman–Crippen MR) is 149 cm³/mol. The Morgan fingerprint density at radius 3 is 2.06 bits per heavy atom. The van der Waals surface area contributed by atoms with Gasteiger partial charge in [-0.15, -0.1) is 0 Å². The van der Waals surface area contributed by atoms with Crippen molar-refractivity contribution in [3.05, 3.63) is 58.7 Å². The number of hydrogen-bond acceptors (Lipinski definition) is 5. The van der Waals surface area contributed by atoms with Gasteiger partial charge in [0.15, 0.2) is 0 Å². The van der Waals surface area contributed by atoms with Crippen molar-refractivity contribution in [3.63, 3.8) is 0 Å². The van der Waals surface area contributed by atoms with Crippen LogP contribution < -0.4 is 10.6 Å². The van der Waals surface area contributed by atoms with Gasteiger partial charge in [0.05, 0.1) is 11.6 Å². The summed E-state index contributed by atoms with van der Waals surface area (Å²) in [4.78, 5) is 11.7. The van der Waals surface area contributed by atoms with Gasteiger partial charge in [0.25, 0.3) is 0 Å². The van der Waals surface area contributed by atoms with Crippen LogP contribution in [0.15, 0.2) is 58.7 Å². The fraction of sp³-hybridized carbons (Fsp3) is 0.607. The maximum absolute atomic E-state index is 11.7.